The van der Waals surface area contributed by atoms with E-state index in [-0.39, 0.29) is 24.9 Å². The zero-order valence-electron chi connectivity index (χ0n) is 19.8. The molecule has 1 amide bonds. The SMILES string of the molecule is O=C(Cc1ccc(OCC[C@@H]2CC2C2CCN(c3ncc(Cl)cn3)CC2)cc1F)N1CC(CO)C1. The van der Waals surface area contributed by atoms with Crippen molar-refractivity contribution < 1.29 is 19.0 Å². The number of piperidine rings is 1. The Kier molecular flexibility index (Phi) is 7.39. The second kappa shape index (κ2) is 10.7. The van der Waals surface area contributed by atoms with E-state index in [1.165, 1.54) is 12.5 Å². The number of likely N-dealkylation sites (tertiary alicyclic amines) is 1. The van der Waals surface area contributed by atoms with Gasteiger partial charge in [-0.1, -0.05) is 17.7 Å². The van der Waals surface area contributed by atoms with Gasteiger partial charge in [-0.15, -0.1) is 0 Å². The molecule has 0 bridgehead atoms. The lowest BCUT2D eigenvalue weighted by molar-refractivity contribution is -0.137. The van der Waals surface area contributed by atoms with Crippen molar-refractivity contribution >= 4 is 23.5 Å². The molecule has 1 aromatic carbocycles. The van der Waals surface area contributed by atoms with Gasteiger partial charge in [-0.3, -0.25) is 4.79 Å². The molecule has 2 saturated heterocycles. The van der Waals surface area contributed by atoms with Crippen LogP contribution in [0.15, 0.2) is 30.6 Å². The van der Waals surface area contributed by atoms with E-state index in [1.807, 2.05) is 0 Å². The number of hydrogen-bond acceptors (Lipinski definition) is 6. The van der Waals surface area contributed by atoms with Crippen molar-refractivity contribution in [3.05, 3.63) is 47.0 Å². The molecule has 2 aliphatic heterocycles. The molecule has 9 heteroatoms. The summed E-state index contributed by atoms with van der Waals surface area (Å²) < 4.78 is 20.3. The van der Waals surface area contributed by atoms with Crippen molar-refractivity contribution in [1.29, 1.82) is 0 Å². The standard InChI is InChI=1S/C26H32ClFN4O3/c27-21-12-29-26(30-13-21)31-6-3-18(4-7-31)23-9-19(23)5-8-35-22-2-1-20(24(28)11-22)10-25(34)32-14-17(15-32)16-33/h1-2,11-13,17-19,23,33H,3-10,14-16H2/t19-,23?/m1/s1. The van der Waals surface area contributed by atoms with E-state index in [0.717, 1.165) is 50.1 Å². The van der Waals surface area contributed by atoms with Gasteiger partial charge >= 0.3 is 0 Å². The molecule has 2 aromatic rings. The van der Waals surface area contributed by atoms with Crippen LogP contribution in [-0.4, -0.2) is 65.3 Å². The zero-order valence-corrected chi connectivity index (χ0v) is 20.5. The lowest BCUT2D eigenvalue weighted by Gasteiger charge is -2.38. The fourth-order valence-corrected chi connectivity index (χ4v) is 5.53. The lowest BCUT2D eigenvalue weighted by Crippen LogP contribution is -2.51. The van der Waals surface area contributed by atoms with Crippen LogP contribution in [0.3, 0.4) is 0 Å². The van der Waals surface area contributed by atoms with Crippen LogP contribution in [0.25, 0.3) is 0 Å². The molecule has 1 unspecified atom stereocenters. The number of benzene rings is 1. The third kappa shape index (κ3) is 5.86. The highest BCUT2D eigenvalue weighted by molar-refractivity contribution is 6.30. The maximum Gasteiger partial charge on any atom is 0.227 e. The molecule has 3 heterocycles. The first kappa shape index (κ1) is 24.3. The molecule has 5 rings (SSSR count). The second-order valence-electron chi connectivity index (χ2n) is 10.1. The van der Waals surface area contributed by atoms with Crippen molar-refractivity contribution in [1.82, 2.24) is 14.9 Å². The molecule has 1 aromatic heterocycles. The minimum Gasteiger partial charge on any atom is -0.493 e. The number of ether oxygens (including phenoxy) is 1. The predicted molar refractivity (Wildman–Crippen MR) is 131 cm³/mol. The van der Waals surface area contributed by atoms with E-state index in [2.05, 4.69) is 14.9 Å². The highest BCUT2D eigenvalue weighted by atomic mass is 35.5. The van der Waals surface area contributed by atoms with Crippen molar-refractivity contribution in [2.24, 2.45) is 23.7 Å². The van der Waals surface area contributed by atoms with Gasteiger partial charge in [-0.05, 0) is 55.1 Å². The van der Waals surface area contributed by atoms with Crippen LogP contribution in [-0.2, 0) is 11.2 Å². The number of carbonyl (C=O) groups excluding carboxylic acids is 1. The van der Waals surface area contributed by atoms with E-state index in [0.29, 0.717) is 41.9 Å². The summed E-state index contributed by atoms with van der Waals surface area (Å²) in [6.45, 7) is 3.71. The lowest BCUT2D eigenvalue weighted by atomic mass is 9.90. The van der Waals surface area contributed by atoms with Gasteiger partial charge in [0.05, 0.1) is 30.4 Å². The van der Waals surface area contributed by atoms with E-state index >= 15 is 0 Å². The smallest absolute Gasteiger partial charge is 0.227 e. The zero-order chi connectivity index (χ0) is 24.4. The van der Waals surface area contributed by atoms with Gasteiger partial charge in [0.2, 0.25) is 11.9 Å². The normalized spacial score (nSPS) is 22.7. The Bertz CT molecular complexity index is 1030. The van der Waals surface area contributed by atoms with Crippen LogP contribution in [0.5, 0.6) is 5.75 Å². The molecule has 0 spiro atoms. The van der Waals surface area contributed by atoms with E-state index in [9.17, 15) is 9.18 Å². The number of rotatable bonds is 9. The minimum atomic E-state index is -0.407. The fraction of sp³-hybridized carbons (Fsp3) is 0.577. The summed E-state index contributed by atoms with van der Waals surface area (Å²) in [5, 5.41) is 9.63. The first-order chi connectivity index (χ1) is 17.0. The summed E-state index contributed by atoms with van der Waals surface area (Å²) in [6, 6.07) is 4.77. The number of aliphatic hydroxyl groups excluding tert-OH is 1. The summed E-state index contributed by atoms with van der Waals surface area (Å²) in [5.74, 6) is 3.08. The Morgan fingerprint density at radius 1 is 1.20 bits per heavy atom. The third-order valence-corrected chi connectivity index (χ3v) is 7.90. The van der Waals surface area contributed by atoms with Gasteiger partial charge in [0, 0.05) is 44.8 Å². The van der Waals surface area contributed by atoms with E-state index in [4.69, 9.17) is 21.4 Å². The predicted octanol–water partition coefficient (Wildman–Crippen LogP) is 3.58. The molecule has 35 heavy (non-hydrogen) atoms. The molecule has 2 atom stereocenters. The summed E-state index contributed by atoms with van der Waals surface area (Å²) >= 11 is 5.89. The number of anilines is 1. The van der Waals surface area contributed by atoms with Crippen LogP contribution in [0.2, 0.25) is 5.02 Å². The average molecular weight is 503 g/mol. The number of nitrogens with zero attached hydrogens (tertiary/aromatic N) is 4. The van der Waals surface area contributed by atoms with E-state index in [1.54, 1.807) is 29.4 Å². The quantitative estimate of drug-likeness (QED) is 0.564. The molecular weight excluding hydrogens is 471 g/mol. The molecule has 3 aliphatic rings. The highest BCUT2D eigenvalue weighted by Gasteiger charge is 2.43. The molecule has 188 valence electrons. The Balaban J connectivity index is 1.01. The summed E-state index contributed by atoms with van der Waals surface area (Å²) in [4.78, 5) is 24.8. The van der Waals surface area contributed by atoms with Crippen molar-refractivity contribution in [2.45, 2.75) is 32.1 Å². The second-order valence-corrected chi connectivity index (χ2v) is 10.5. The number of halogens is 2. The summed E-state index contributed by atoms with van der Waals surface area (Å²) in [7, 11) is 0. The first-order valence-corrected chi connectivity index (χ1v) is 12.9. The minimum absolute atomic E-state index is 0.0387. The summed E-state index contributed by atoms with van der Waals surface area (Å²) in [5.41, 5.74) is 0.382. The van der Waals surface area contributed by atoms with Gasteiger partial charge in [0.25, 0.3) is 0 Å². The molecule has 0 radical (unpaired) electrons. The fourth-order valence-electron chi connectivity index (χ4n) is 5.43. The van der Waals surface area contributed by atoms with Gasteiger partial charge < -0.3 is 19.6 Å². The number of hydrogen-bond donors (Lipinski definition) is 1. The van der Waals surface area contributed by atoms with Gasteiger partial charge in [-0.2, -0.15) is 0 Å². The number of aliphatic hydroxyl groups is 1. The van der Waals surface area contributed by atoms with Crippen LogP contribution in [0.4, 0.5) is 10.3 Å². The molecule has 7 nitrogen and oxygen atoms in total. The molecular formula is C26H32ClFN4O3. The van der Waals surface area contributed by atoms with Crippen molar-refractivity contribution in [3.63, 3.8) is 0 Å². The van der Waals surface area contributed by atoms with Gasteiger partial charge in [0.1, 0.15) is 11.6 Å². The number of amides is 1. The molecule has 1 N–H and O–H groups in total. The molecule has 1 aliphatic carbocycles. The average Bonchev–Trinajstić information content (AvgIpc) is 3.60. The Hall–Kier alpha value is -2.45. The largest absolute Gasteiger partial charge is 0.493 e. The van der Waals surface area contributed by atoms with Crippen LogP contribution < -0.4 is 9.64 Å². The number of aromatic nitrogens is 2. The first-order valence-electron chi connectivity index (χ1n) is 12.5. The van der Waals surface area contributed by atoms with Crippen LogP contribution >= 0.6 is 11.6 Å². The third-order valence-electron chi connectivity index (χ3n) is 7.70. The van der Waals surface area contributed by atoms with Crippen molar-refractivity contribution in [2.75, 3.05) is 44.3 Å². The summed E-state index contributed by atoms with van der Waals surface area (Å²) in [6.07, 6.45) is 7.86. The topological polar surface area (TPSA) is 78.8 Å². The van der Waals surface area contributed by atoms with Gasteiger partial charge in [0.15, 0.2) is 0 Å². The van der Waals surface area contributed by atoms with Crippen molar-refractivity contribution in [3.8, 4) is 5.75 Å². The molecule has 1 saturated carbocycles. The Morgan fingerprint density at radius 3 is 2.63 bits per heavy atom. The number of carbonyl (C=O) groups is 1. The maximum atomic E-state index is 14.5. The van der Waals surface area contributed by atoms with Crippen LogP contribution in [0, 0.1) is 29.5 Å². The highest BCUT2D eigenvalue weighted by Crippen LogP contribution is 2.49. The maximum absolute atomic E-state index is 14.5. The Morgan fingerprint density at radius 2 is 1.94 bits per heavy atom. The van der Waals surface area contributed by atoms with E-state index < -0.39 is 5.82 Å². The van der Waals surface area contributed by atoms with Gasteiger partial charge in [-0.25, -0.2) is 14.4 Å². The van der Waals surface area contributed by atoms with Crippen LogP contribution in [0.1, 0.15) is 31.2 Å². The monoisotopic (exact) mass is 502 g/mol. The molecule has 3 fully saturated rings. The Labute approximate surface area is 210 Å².